The van der Waals surface area contributed by atoms with Crippen molar-refractivity contribution in [2.24, 2.45) is 5.73 Å². The smallest absolute Gasteiger partial charge is 1.00 e. The maximum Gasteiger partial charge on any atom is 1.00 e. The van der Waals surface area contributed by atoms with Crippen LogP contribution in [0, 0.1) is 42.0 Å². The molecule has 4 aromatic rings. The first-order valence-corrected chi connectivity index (χ1v) is 25.3. The van der Waals surface area contributed by atoms with Crippen LogP contribution in [0.3, 0.4) is 0 Å². The van der Waals surface area contributed by atoms with E-state index < -0.39 is 63.3 Å². The van der Waals surface area contributed by atoms with Crippen LogP contribution in [0.1, 0.15) is 70.0 Å². The van der Waals surface area contributed by atoms with Crippen molar-refractivity contribution in [3.8, 4) is 0 Å². The van der Waals surface area contributed by atoms with Crippen LogP contribution in [0.2, 0.25) is 0 Å². The van der Waals surface area contributed by atoms with Crippen molar-refractivity contribution in [2.45, 2.75) is 41.5 Å². The molecule has 4 aromatic carbocycles. The zero-order chi connectivity index (χ0) is 60.5. The minimum atomic E-state index is -3.28. The molecule has 0 spiro atoms. The molecule has 0 radical (unpaired) electrons. The van der Waals surface area contributed by atoms with Crippen LogP contribution in [0.15, 0.2) is 91.0 Å². The molecule has 0 aliphatic heterocycles. The molecular weight excluding hydrogens is 1090 g/mol. The third-order valence-corrected chi connectivity index (χ3v) is 10.6. The molecule has 0 aliphatic carbocycles. The Balaban J connectivity index is -0.000000454. The first-order valence-electron chi connectivity index (χ1n) is 23.5. The number of carbonyl (C=O) groups is 5. The molecule has 0 unspecified atom stereocenters. The van der Waals surface area contributed by atoms with E-state index >= 15 is 0 Å². The van der Waals surface area contributed by atoms with Crippen LogP contribution < -0.4 is 51.7 Å². The number of carbonyl (C=O) groups excluding carboxylic acids is 5. The number of hydrogen-bond acceptors (Lipinski definition) is 22. The number of aldehydes is 1. The molecule has 0 amide bonds. The molecule has 0 bridgehead atoms. The number of anilines is 3. The van der Waals surface area contributed by atoms with Crippen molar-refractivity contribution < 1.29 is 111 Å². The number of nitrogens with zero attached hydrogens (tertiary/aromatic N) is 3. The van der Waals surface area contributed by atoms with Crippen molar-refractivity contribution >= 4 is 90.1 Å². The fourth-order valence-corrected chi connectivity index (χ4v) is 6.83. The molecule has 0 atom stereocenters. The summed E-state index contributed by atoms with van der Waals surface area (Å²) in [5.74, 6) is -3.83. The van der Waals surface area contributed by atoms with Crippen LogP contribution in [0.25, 0.3) is 18.2 Å². The number of halogens is 2. The Hall–Kier alpha value is -7.78. The van der Waals surface area contributed by atoms with Crippen molar-refractivity contribution in [3.05, 3.63) is 155 Å². The van der Waals surface area contributed by atoms with Crippen LogP contribution in [0.4, 0.5) is 42.9 Å². The van der Waals surface area contributed by atoms with Gasteiger partial charge in [0.1, 0.15) is 18.1 Å². The van der Waals surface area contributed by atoms with E-state index in [0.717, 1.165) is 41.6 Å². The fourth-order valence-electron chi connectivity index (χ4n) is 5.38. The molecule has 25 nitrogen and oxygen atoms in total. The first kappa shape index (κ1) is 76.5. The third-order valence-electron chi connectivity index (χ3n) is 8.68. The van der Waals surface area contributed by atoms with Gasteiger partial charge in [0.05, 0.1) is 65.8 Å². The molecule has 0 saturated heterocycles. The van der Waals surface area contributed by atoms with Crippen LogP contribution >= 0.6 is 7.60 Å². The van der Waals surface area contributed by atoms with Gasteiger partial charge in [-0.05, 0) is 132 Å². The van der Waals surface area contributed by atoms with Gasteiger partial charge in [0.2, 0.25) is 11.6 Å². The molecule has 6 N–H and O–H groups in total. The van der Waals surface area contributed by atoms with Crippen molar-refractivity contribution in [1.29, 1.82) is 0 Å². The van der Waals surface area contributed by atoms with E-state index in [4.69, 9.17) is 24.3 Å². The second kappa shape index (κ2) is 44.1. The van der Waals surface area contributed by atoms with Gasteiger partial charge < -0.3 is 51.5 Å². The van der Waals surface area contributed by atoms with E-state index in [-0.39, 0.29) is 80.8 Å². The number of benzene rings is 4. The van der Waals surface area contributed by atoms with E-state index in [0.29, 0.717) is 42.0 Å². The number of esters is 4. The van der Waals surface area contributed by atoms with E-state index in [9.17, 15) is 67.7 Å². The molecule has 0 fully saturated rings. The Bertz CT molecular complexity index is 2770. The van der Waals surface area contributed by atoms with Gasteiger partial charge in [-0.25, -0.2) is 14.4 Å². The maximum absolute atomic E-state index is 13.2. The second-order valence-corrected chi connectivity index (χ2v) is 16.2. The Kier molecular flexibility index (Phi) is 42.2. The number of nitrogens with one attached hydrogen (secondary N) is 2. The van der Waals surface area contributed by atoms with Gasteiger partial charge in [-0.2, -0.15) is 8.78 Å². The summed E-state index contributed by atoms with van der Waals surface area (Å²) in [4.78, 5) is 83.4. The van der Waals surface area contributed by atoms with Gasteiger partial charge in [0, 0.05) is 56.1 Å². The SMILES string of the molecule is CCOC(=O)/C=C/c1ccc(N)c(NC)c1.CCOC(=O)/C=C/c1ccc([N+](=O)[O-])c(F)c1.CCOC(=O)/C=C/c1ccc([N+](=O)[O-])c(NC)c1.CCOC(=O)CP(=O)(OCC)OCC.CN.O=Cc1ccc([N+](=O)[O-])c(F)c1.[H-].[Na+]. The zero-order valence-electron chi connectivity index (χ0n) is 47.0. The van der Waals surface area contributed by atoms with Gasteiger partial charge in [0.15, 0.2) is 0 Å². The molecule has 0 aromatic heterocycles. The summed E-state index contributed by atoms with van der Waals surface area (Å²) in [5.41, 5.74) is 12.9. The Labute approximate surface area is 484 Å². The topological polar surface area (TPSA) is 363 Å². The normalized spacial score (nSPS) is 10.1. The van der Waals surface area contributed by atoms with Crippen LogP contribution in [-0.4, -0.2) is 112 Å². The van der Waals surface area contributed by atoms with E-state index in [1.165, 1.54) is 43.5 Å². The summed E-state index contributed by atoms with van der Waals surface area (Å²) in [7, 11) is 1.61. The van der Waals surface area contributed by atoms with Gasteiger partial charge >= 0.3 is 72.4 Å². The molecule has 0 heterocycles. The summed E-state index contributed by atoms with van der Waals surface area (Å²) >= 11 is 0. The minimum absolute atomic E-state index is 0. The predicted octanol–water partition coefficient (Wildman–Crippen LogP) is 6.46. The van der Waals surface area contributed by atoms with E-state index in [1.807, 2.05) is 12.1 Å². The Morgan fingerprint density at radius 2 is 0.900 bits per heavy atom. The summed E-state index contributed by atoms with van der Waals surface area (Å²) in [5, 5.41) is 36.9. The first-order chi connectivity index (χ1) is 37.5. The summed E-state index contributed by atoms with van der Waals surface area (Å²) in [6.07, 6.45) is 8.48. The van der Waals surface area contributed by atoms with E-state index in [1.54, 1.807) is 86.0 Å². The second-order valence-electron chi connectivity index (χ2n) is 14.1. The standard InChI is InChI=1S/C12H14N2O4.C12H16N2O2.C11H10FNO4.C8H17O5P.C7H4FNO3.CH5N.Na.H/c1-3-18-12(15)7-5-9-4-6-11(14(16)17)10(8-9)13-2;1-3-16-12(15)7-5-9-4-6-10(13)11(8-9)14-2;1-2-17-11(14)6-4-8-3-5-10(13(15)16)9(12)7-8;1-4-11-8(9)7-14(10,12-5-2)13-6-3;8-6-3-5(4-10)1-2-7(6)9(11)12;1-2;;/h4-8,13H,3H2,1-2H3;4-8,14H,3,13H2,1-2H3;3-7H,2H2,1H3;4-7H2,1-3H3;1-4H;2H2,1H3;;/q;;;;;;+1;-1/b2*7-5+;6-4+;;;;;. The van der Waals surface area contributed by atoms with Crippen molar-refractivity contribution in [2.75, 3.05) is 83.3 Å². The quantitative estimate of drug-likeness (QED) is 0.00754. The summed E-state index contributed by atoms with van der Waals surface area (Å²) in [6.45, 7) is 11.9. The van der Waals surface area contributed by atoms with Gasteiger partial charge in [0.25, 0.3) is 5.69 Å². The number of hydrogen-bond donors (Lipinski definition) is 4. The van der Waals surface area contributed by atoms with Crippen molar-refractivity contribution in [1.82, 2.24) is 0 Å². The van der Waals surface area contributed by atoms with Gasteiger partial charge in [-0.1, -0.05) is 6.07 Å². The Morgan fingerprint density at radius 1 is 0.562 bits per heavy atom. The number of ether oxygens (including phenoxy) is 4. The molecule has 0 aliphatic rings. The average molecular weight is 1160 g/mol. The average Bonchev–Trinajstić information content (AvgIpc) is 3.40. The number of nitro benzene ring substituents is 3. The van der Waals surface area contributed by atoms with Gasteiger partial charge in [-0.3, -0.25) is 44.5 Å². The third kappa shape index (κ3) is 32.2. The number of rotatable bonds is 22. The van der Waals surface area contributed by atoms with E-state index in [2.05, 4.69) is 25.8 Å². The van der Waals surface area contributed by atoms with Crippen molar-refractivity contribution in [3.63, 3.8) is 0 Å². The zero-order valence-corrected chi connectivity index (χ0v) is 48.9. The Morgan fingerprint density at radius 3 is 1.24 bits per heavy atom. The van der Waals surface area contributed by atoms with Gasteiger partial charge in [-0.15, -0.1) is 0 Å². The molecule has 434 valence electrons. The molecular formula is C51H67F2N7NaO18P. The summed E-state index contributed by atoms with van der Waals surface area (Å²) < 4.78 is 66.3. The maximum atomic E-state index is 13.2. The summed E-state index contributed by atoms with van der Waals surface area (Å²) in [6, 6.07) is 16.4. The van der Waals surface area contributed by atoms with Crippen LogP contribution in [-0.2, 0) is 51.7 Å². The largest absolute Gasteiger partial charge is 1.00 e. The molecule has 0 saturated carbocycles. The van der Waals surface area contributed by atoms with Crippen LogP contribution in [0.5, 0.6) is 0 Å². The molecule has 80 heavy (non-hydrogen) atoms. The minimum Gasteiger partial charge on any atom is -1.00 e. The predicted molar refractivity (Wildman–Crippen MR) is 295 cm³/mol. The fraction of sp³-hybridized carbons (Fsp3) is 0.314. The number of nitro groups is 3. The molecule has 4 rings (SSSR count). The number of nitrogens with two attached hydrogens (primary N) is 2. The number of nitrogen functional groups attached to an aromatic ring is 1. The monoisotopic (exact) mass is 1160 g/mol. The molecule has 29 heteroatoms.